The summed E-state index contributed by atoms with van der Waals surface area (Å²) < 4.78 is 16.8. The first-order chi connectivity index (χ1) is 33.0. The number of hydrogen-bond acceptors (Lipinski definition) is 6. The Morgan fingerprint density at radius 3 is 0.955 bits per heavy atom. The van der Waals surface area contributed by atoms with Gasteiger partial charge in [-0.15, -0.1) is 0 Å². The normalized spacial score (nSPS) is 12.6. The molecule has 6 nitrogen and oxygen atoms in total. The Hall–Kier alpha value is -3.15. The summed E-state index contributed by atoms with van der Waals surface area (Å²) in [4.78, 5) is 38.1. The summed E-state index contributed by atoms with van der Waals surface area (Å²) in [5, 5.41) is 0. The molecule has 0 heterocycles. The lowest BCUT2D eigenvalue weighted by Gasteiger charge is -2.18. The summed E-state index contributed by atoms with van der Waals surface area (Å²) in [7, 11) is 0. The maximum atomic E-state index is 12.8. The highest BCUT2D eigenvalue weighted by Crippen LogP contribution is 2.15. The van der Waals surface area contributed by atoms with E-state index in [0.29, 0.717) is 19.3 Å². The lowest BCUT2D eigenvalue weighted by molar-refractivity contribution is -0.167. The molecule has 0 N–H and O–H groups in total. The standard InChI is InChI=1S/C61H106O6/c1-4-7-10-13-16-19-22-25-27-29-31-33-36-39-42-45-48-51-54-60(63)66-57-58(56-65-59(62)53-50-47-44-41-38-35-24-21-18-15-12-9-6-3)67-61(64)55-52-49-46-43-40-37-34-32-30-28-26-23-20-17-14-11-8-5-2/h9,12,18-19,21-22,27-30,35,38,58H,4-8,10-11,13-17,20,23-26,31-34,36-37,39-57H2,1-3H3/b12-9-,21-18-,22-19-,29-27-,30-28-,38-35-. The minimum atomic E-state index is -0.793. The molecule has 1 atom stereocenters. The van der Waals surface area contributed by atoms with Crippen LogP contribution in [0.1, 0.15) is 278 Å². The van der Waals surface area contributed by atoms with Crippen LogP contribution in [0.2, 0.25) is 0 Å². The van der Waals surface area contributed by atoms with Gasteiger partial charge in [0, 0.05) is 19.3 Å². The van der Waals surface area contributed by atoms with Gasteiger partial charge in [-0.25, -0.2) is 0 Å². The van der Waals surface area contributed by atoms with Gasteiger partial charge in [0.1, 0.15) is 13.2 Å². The van der Waals surface area contributed by atoms with Crippen LogP contribution in [0.5, 0.6) is 0 Å². The van der Waals surface area contributed by atoms with E-state index in [1.54, 1.807) is 0 Å². The summed E-state index contributed by atoms with van der Waals surface area (Å²) in [6, 6.07) is 0. The van der Waals surface area contributed by atoms with Crippen molar-refractivity contribution in [2.24, 2.45) is 0 Å². The highest BCUT2D eigenvalue weighted by molar-refractivity contribution is 5.71. The van der Waals surface area contributed by atoms with E-state index < -0.39 is 6.10 Å². The second-order valence-corrected chi connectivity index (χ2v) is 18.8. The number of carbonyl (C=O) groups excluding carboxylic acids is 3. The van der Waals surface area contributed by atoms with Crippen LogP contribution < -0.4 is 0 Å². The minimum absolute atomic E-state index is 0.0904. The molecule has 0 bridgehead atoms. The first kappa shape index (κ1) is 63.8. The van der Waals surface area contributed by atoms with Crippen LogP contribution in [0, 0.1) is 0 Å². The summed E-state index contributed by atoms with van der Waals surface area (Å²) in [6.07, 6.45) is 70.3. The Labute approximate surface area is 414 Å². The predicted molar refractivity (Wildman–Crippen MR) is 288 cm³/mol. The van der Waals surface area contributed by atoms with Crippen LogP contribution in [-0.4, -0.2) is 37.2 Å². The Kier molecular flexibility index (Phi) is 52.8. The fourth-order valence-electron chi connectivity index (χ4n) is 7.89. The fraction of sp³-hybridized carbons (Fsp3) is 0.754. The Morgan fingerprint density at radius 1 is 0.313 bits per heavy atom. The second-order valence-electron chi connectivity index (χ2n) is 18.8. The molecule has 0 saturated carbocycles. The highest BCUT2D eigenvalue weighted by Gasteiger charge is 2.19. The Morgan fingerprint density at radius 2 is 0.582 bits per heavy atom. The van der Waals surface area contributed by atoms with Gasteiger partial charge in [-0.1, -0.05) is 222 Å². The van der Waals surface area contributed by atoms with Crippen molar-refractivity contribution >= 4 is 17.9 Å². The van der Waals surface area contributed by atoms with Gasteiger partial charge in [0.25, 0.3) is 0 Å². The smallest absolute Gasteiger partial charge is 0.306 e. The number of rotatable bonds is 51. The van der Waals surface area contributed by atoms with Gasteiger partial charge in [-0.05, 0) is 109 Å². The zero-order valence-electron chi connectivity index (χ0n) is 44.2. The van der Waals surface area contributed by atoms with Crippen LogP contribution in [0.25, 0.3) is 0 Å². The average Bonchev–Trinajstić information content (AvgIpc) is 3.33. The molecule has 0 spiro atoms. The molecule has 0 rings (SSSR count). The van der Waals surface area contributed by atoms with Crippen molar-refractivity contribution in [2.75, 3.05) is 13.2 Å². The molecule has 386 valence electrons. The first-order valence-corrected chi connectivity index (χ1v) is 28.4. The first-order valence-electron chi connectivity index (χ1n) is 28.4. The topological polar surface area (TPSA) is 78.9 Å². The maximum Gasteiger partial charge on any atom is 0.306 e. The van der Waals surface area contributed by atoms with Gasteiger partial charge in [0.2, 0.25) is 0 Å². The molecule has 0 saturated heterocycles. The maximum absolute atomic E-state index is 12.8. The molecule has 1 unspecified atom stereocenters. The van der Waals surface area contributed by atoms with Crippen LogP contribution in [-0.2, 0) is 28.6 Å². The second kappa shape index (κ2) is 55.4. The van der Waals surface area contributed by atoms with E-state index in [4.69, 9.17) is 14.2 Å². The molecule has 0 aliphatic rings. The molecule has 0 amide bonds. The lowest BCUT2D eigenvalue weighted by Crippen LogP contribution is -2.30. The highest BCUT2D eigenvalue weighted by atomic mass is 16.6. The molecule has 0 aromatic heterocycles. The van der Waals surface area contributed by atoms with Crippen LogP contribution in [0.15, 0.2) is 72.9 Å². The molecule has 0 aliphatic carbocycles. The number of allylic oxidation sites excluding steroid dienone is 12. The van der Waals surface area contributed by atoms with Gasteiger partial charge in [-0.3, -0.25) is 14.4 Å². The third-order valence-corrected chi connectivity index (χ3v) is 12.2. The molecule has 0 fully saturated rings. The molecule has 0 radical (unpaired) electrons. The summed E-state index contributed by atoms with van der Waals surface area (Å²) in [6.45, 7) is 6.49. The molecule has 0 aromatic rings. The quantitative estimate of drug-likeness (QED) is 0.0262. The van der Waals surface area contributed by atoms with E-state index in [0.717, 1.165) is 96.3 Å². The van der Waals surface area contributed by atoms with E-state index in [2.05, 4.69) is 93.7 Å². The SMILES string of the molecule is CC/C=C\C/C=C\C/C=C\CCCCCC(=O)OCC(COC(=O)CCCCCCCCC/C=C\C/C=C\CCCCCC)OC(=O)CCCCCCCCC/C=C\CCCCCCCCC. The Balaban J connectivity index is 4.41. The van der Waals surface area contributed by atoms with Crippen LogP contribution in [0.4, 0.5) is 0 Å². The largest absolute Gasteiger partial charge is 0.462 e. The van der Waals surface area contributed by atoms with Crippen molar-refractivity contribution in [3.63, 3.8) is 0 Å². The summed E-state index contributed by atoms with van der Waals surface area (Å²) >= 11 is 0. The monoisotopic (exact) mass is 935 g/mol. The average molecular weight is 936 g/mol. The number of esters is 3. The third kappa shape index (κ3) is 53.7. The molecular formula is C61H106O6. The van der Waals surface area contributed by atoms with E-state index in [1.807, 2.05) is 0 Å². The minimum Gasteiger partial charge on any atom is -0.462 e. The number of unbranched alkanes of at least 4 members (excludes halogenated alkanes) is 28. The van der Waals surface area contributed by atoms with E-state index in [1.165, 1.54) is 141 Å². The van der Waals surface area contributed by atoms with Gasteiger partial charge in [-0.2, -0.15) is 0 Å². The van der Waals surface area contributed by atoms with E-state index >= 15 is 0 Å². The van der Waals surface area contributed by atoms with Crippen molar-refractivity contribution in [1.82, 2.24) is 0 Å². The molecule has 67 heavy (non-hydrogen) atoms. The van der Waals surface area contributed by atoms with Gasteiger partial charge < -0.3 is 14.2 Å². The number of hydrogen-bond donors (Lipinski definition) is 0. The molecule has 0 aromatic carbocycles. The fourth-order valence-corrected chi connectivity index (χ4v) is 7.89. The molecular weight excluding hydrogens is 829 g/mol. The van der Waals surface area contributed by atoms with E-state index in [9.17, 15) is 14.4 Å². The third-order valence-electron chi connectivity index (χ3n) is 12.2. The number of ether oxygens (including phenoxy) is 3. The summed E-state index contributed by atoms with van der Waals surface area (Å²) in [5.74, 6) is -0.925. The van der Waals surface area contributed by atoms with E-state index in [-0.39, 0.29) is 31.1 Å². The van der Waals surface area contributed by atoms with Crippen molar-refractivity contribution in [3.05, 3.63) is 72.9 Å². The van der Waals surface area contributed by atoms with Crippen LogP contribution >= 0.6 is 0 Å². The summed E-state index contributed by atoms with van der Waals surface area (Å²) in [5.41, 5.74) is 0. The molecule has 6 heteroatoms. The van der Waals surface area contributed by atoms with Crippen LogP contribution in [0.3, 0.4) is 0 Å². The predicted octanol–water partition coefficient (Wildman–Crippen LogP) is 19.0. The van der Waals surface area contributed by atoms with Crippen molar-refractivity contribution in [1.29, 1.82) is 0 Å². The van der Waals surface area contributed by atoms with Crippen molar-refractivity contribution < 1.29 is 28.6 Å². The van der Waals surface area contributed by atoms with Gasteiger partial charge >= 0.3 is 17.9 Å². The van der Waals surface area contributed by atoms with Crippen molar-refractivity contribution in [2.45, 2.75) is 284 Å². The molecule has 0 aliphatic heterocycles. The lowest BCUT2D eigenvalue weighted by atomic mass is 10.1. The zero-order valence-corrected chi connectivity index (χ0v) is 44.2. The number of carbonyl (C=O) groups is 3. The zero-order chi connectivity index (χ0) is 48.6. The van der Waals surface area contributed by atoms with Gasteiger partial charge in [0.15, 0.2) is 6.10 Å². The van der Waals surface area contributed by atoms with Crippen molar-refractivity contribution in [3.8, 4) is 0 Å². The van der Waals surface area contributed by atoms with Gasteiger partial charge in [0.05, 0.1) is 0 Å². The Bertz CT molecular complexity index is 1260.